The number of primary amides is 1. The second kappa shape index (κ2) is 6.01. The molecule has 0 fully saturated rings. The highest BCUT2D eigenvalue weighted by Crippen LogP contribution is 2.17. The first-order chi connectivity index (χ1) is 9.54. The van der Waals surface area contributed by atoms with E-state index in [1.54, 1.807) is 24.3 Å². The number of hydrogen-bond acceptors (Lipinski definition) is 2. The Morgan fingerprint density at radius 2 is 1.85 bits per heavy atom. The minimum absolute atomic E-state index is 0.129. The number of rotatable bonds is 4. The van der Waals surface area contributed by atoms with E-state index in [0.717, 1.165) is 18.2 Å². The van der Waals surface area contributed by atoms with Crippen LogP contribution in [-0.4, -0.2) is 6.03 Å². The third-order valence-electron chi connectivity index (χ3n) is 2.62. The Morgan fingerprint density at radius 3 is 2.60 bits per heavy atom. The smallest absolute Gasteiger partial charge is 0.316 e. The molecule has 6 heteroatoms. The van der Waals surface area contributed by atoms with Gasteiger partial charge in [-0.3, -0.25) is 0 Å². The van der Waals surface area contributed by atoms with Crippen molar-refractivity contribution in [2.24, 2.45) is 5.73 Å². The van der Waals surface area contributed by atoms with Crippen molar-refractivity contribution in [1.29, 1.82) is 0 Å². The fourth-order valence-electron chi connectivity index (χ4n) is 1.73. The number of nitrogens with one attached hydrogen (secondary N) is 2. The maximum Gasteiger partial charge on any atom is 0.316 e. The third kappa shape index (κ3) is 3.68. The number of hydrogen-bond donors (Lipinski definition) is 3. The highest BCUT2D eigenvalue weighted by atomic mass is 19.1. The van der Waals surface area contributed by atoms with E-state index < -0.39 is 17.7 Å². The standard InChI is InChI=1S/C14H13F2N3O/c15-10-4-5-13(16)9(6-10)8-18-11-2-1-3-12(7-11)19-14(17)20/h1-7,18H,8H2,(H3,17,19,20). The molecule has 0 unspecified atom stereocenters. The van der Waals surface area contributed by atoms with Crippen LogP contribution < -0.4 is 16.4 Å². The summed E-state index contributed by atoms with van der Waals surface area (Å²) in [4.78, 5) is 10.7. The molecule has 0 saturated heterocycles. The van der Waals surface area contributed by atoms with E-state index in [4.69, 9.17) is 5.73 Å². The lowest BCUT2D eigenvalue weighted by Crippen LogP contribution is -2.19. The molecular weight excluding hydrogens is 264 g/mol. The Balaban J connectivity index is 2.07. The number of urea groups is 1. The number of benzene rings is 2. The van der Waals surface area contributed by atoms with Gasteiger partial charge in [0.05, 0.1) is 0 Å². The van der Waals surface area contributed by atoms with E-state index in [9.17, 15) is 13.6 Å². The van der Waals surface area contributed by atoms with Crippen molar-refractivity contribution < 1.29 is 13.6 Å². The van der Waals surface area contributed by atoms with Gasteiger partial charge in [0.2, 0.25) is 0 Å². The van der Waals surface area contributed by atoms with Gasteiger partial charge in [-0.25, -0.2) is 13.6 Å². The minimum Gasteiger partial charge on any atom is -0.381 e. The molecule has 0 aliphatic carbocycles. The summed E-state index contributed by atoms with van der Waals surface area (Å²) in [7, 11) is 0. The predicted molar refractivity (Wildman–Crippen MR) is 73.3 cm³/mol. The second-order valence-corrected chi connectivity index (χ2v) is 4.16. The number of carbonyl (C=O) groups is 1. The van der Waals surface area contributed by atoms with Gasteiger partial charge >= 0.3 is 6.03 Å². The number of nitrogens with two attached hydrogens (primary N) is 1. The lowest BCUT2D eigenvalue weighted by atomic mass is 10.2. The van der Waals surface area contributed by atoms with E-state index >= 15 is 0 Å². The van der Waals surface area contributed by atoms with E-state index in [0.29, 0.717) is 11.4 Å². The van der Waals surface area contributed by atoms with Gasteiger partial charge in [0.15, 0.2) is 0 Å². The summed E-state index contributed by atoms with van der Waals surface area (Å²) >= 11 is 0. The lowest BCUT2D eigenvalue weighted by Gasteiger charge is -2.09. The topological polar surface area (TPSA) is 67.2 Å². The van der Waals surface area contributed by atoms with Crippen LogP contribution in [0.3, 0.4) is 0 Å². The maximum atomic E-state index is 13.4. The van der Waals surface area contributed by atoms with Crippen LogP contribution in [-0.2, 0) is 6.54 Å². The van der Waals surface area contributed by atoms with Gasteiger partial charge in [-0.05, 0) is 36.4 Å². The zero-order valence-corrected chi connectivity index (χ0v) is 10.5. The van der Waals surface area contributed by atoms with Crippen molar-refractivity contribution in [3.63, 3.8) is 0 Å². The molecule has 2 aromatic carbocycles. The first kappa shape index (κ1) is 13.8. The van der Waals surface area contributed by atoms with E-state index in [1.807, 2.05) is 0 Å². The second-order valence-electron chi connectivity index (χ2n) is 4.16. The summed E-state index contributed by atoms with van der Waals surface area (Å²) in [5.74, 6) is -0.974. The van der Waals surface area contributed by atoms with E-state index in [1.165, 1.54) is 0 Å². The normalized spacial score (nSPS) is 10.1. The minimum atomic E-state index is -0.668. The van der Waals surface area contributed by atoms with Gasteiger partial charge < -0.3 is 16.4 Å². The number of halogens is 2. The van der Waals surface area contributed by atoms with Crippen LogP contribution in [0.1, 0.15) is 5.56 Å². The van der Waals surface area contributed by atoms with Crippen molar-refractivity contribution in [2.75, 3.05) is 10.6 Å². The quantitative estimate of drug-likeness (QED) is 0.804. The molecule has 0 radical (unpaired) electrons. The Kier molecular flexibility index (Phi) is 4.14. The molecular formula is C14H13F2N3O. The van der Waals surface area contributed by atoms with Crippen LogP contribution in [0.15, 0.2) is 42.5 Å². The van der Waals surface area contributed by atoms with Gasteiger partial charge in [-0.15, -0.1) is 0 Å². The fraction of sp³-hybridized carbons (Fsp3) is 0.0714. The predicted octanol–water partition coefficient (Wildman–Crippen LogP) is 3.07. The van der Waals surface area contributed by atoms with Crippen molar-refractivity contribution in [2.45, 2.75) is 6.54 Å². The molecule has 0 bridgehead atoms. The largest absolute Gasteiger partial charge is 0.381 e. The molecule has 104 valence electrons. The molecule has 0 atom stereocenters. The van der Waals surface area contributed by atoms with E-state index in [2.05, 4.69) is 10.6 Å². The number of amides is 2. The molecule has 4 nitrogen and oxygen atoms in total. The van der Waals surface area contributed by atoms with E-state index in [-0.39, 0.29) is 12.1 Å². The fourth-order valence-corrected chi connectivity index (χ4v) is 1.73. The molecule has 20 heavy (non-hydrogen) atoms. The van der Waals surface area contributed by atoms with Crippen molar-refractivity contribution in [1.82, 2.24) is 0 Å². The van der Waals surface area contributed by atoms with Crippen molar-refractivity contribution in [3.05, 3.63) is 59.7 Å². The Bertz CT molecular complexity index is 632. The van der Waals surface area contributed by atoms with Gasteiger partial charge in [0.1, 0.15) is 11.6 Å². The van der Waals surface area contributed by atoms with Gasteiger partial charge in [0.25, 0.3) is 0 Å². The molecule has 2 rings (SSSR count). The summed E-state index contributed by atoms with van der Waals surface area (Å²) in [6.07, 6.45) is 0. The molecule has 0 aliphatic heterocycles. The van der Waals surface area contributed by atoms with Crippen LogP contribution in [0.4, 0.5) is 25.0 Å². The number of anilines is 2. The number of carbonyl (C=O) groups excluding carboxylic acids is 1. The van der Waals surface area contributed by atoms with Gasteiger partial charge in [0, 0.05) is 23.5 Å². The summed E-state index contributed by atoms with van der Waals surface area (Å²) in [5, 5.41) is 5.37. The highest BCUT2D eigenvalue weighted by molar-refractivity contribution is 5.88. The van der Waals surface area contributed by atoms with Gasteiger partial charge in [-0.1, -0.05) is 6.07 Å². The van der Waals surface area contributed by atoms with Crippen LogP contribution in [0.2, 0.25) is 0 Å². The summed E-state index contributed by atoms with van der Waals surface area (Å²) < 4.78 is 26.5. The Labute approximate surface area is 114 Å². The lowest BCUT2D eigenvalue weighted by molar-refractivity contribution is 0.259. The molecule has 2 aromatic rings. The van der Waals surface area contributed by atoms with Crippen molar-refractivity contribution in [3.8, 4) is 0 Å². The Morgan fingerprint density at radius 1 is 1.10 bits per heavy atom. The Hall–Kier alpha value is -2.63. The summed E-state index contributed by atoms with van der Waals surface area (Å²) in [6, 6.07) is 9.36. The maximum absolute atomic E-state index is 13.4. The zero-order chi connectivity index (χ0) is 14.5. The average molecular weight is 277 g/mol. The molecule has 0 spiro atoms. The van der Waals surface area contributed by atoms with Crippen LogP contribution in [0.5, 0.6) is 0 Å². The summed E-state index contributed by atoms with van der Waals surface area (Å²) in [6.45, 7) is 0.129. The van der Waals surface area contributed by atoms with Crippen LogP contribution in [0, 0.1) is 11.6 Å². The third-order valence-corrected chi connectivity index (χ3v) is 2.62. The van der Waals surface area contributed by atoms with Gasteiger partial charge in [-0.2, -0.15) is 0 Å². The molecule has 0 aliphatic rings. The molecule has 0 heterocycles. The molecule has 2 amide bonds. The molecule has 0 aromatic heterocycles. The van der Waals surface area contributed by atoms with Crippen molar-refractivity contribution >= 4 is 17.4 Å². The highest BCUT2D eigenvalue weighted by Gasteiger charge is 2.04. The van der Waals surface area contributed by atoms with Crippen LogP contribution in [0.25, 0.3) is 0 Å². The first-order valence-corrected chi connectivity index (χ1v) is 5.89. The van der Waals surface area contributed by atoms with Crippen LogP contribution >= 0.6 is 0 Å². The summed E-state index contributed by atoms with van der Waals surface area (Å²) in [5.41, 5.74) is 6.40. The molecule has 4 N–H and O–H groups in total. The SMILES string of the molecule is NC(=O)Nc1cccc(NCc2cc(F)ccc2F)c1. The monoisotopic (exact) mass is 277 g/mol. The average Bonchev–Trinajstić information content (AvgIpc) is 2.39. The molecule has 0 saturated carbocycles. The first-order valence-electron chi connectivity index (χ1n) is 5.89. The zero-order valence-electron chi connectivity index (χ0n) is 10.5.